The Kier molecular flexibility index (Phi) is 10.0. The maximum atomic E-state index is 12.9. The number of aryl methyl sites for hydroxylation is 1. The van der Waals surface area contributed by atoms with Crippen LogP contribution in [0.5, 0.6) is 0 Å². The first-order valence-electron chi connectivity index (χ1n) is 11.9. The van der Waals surface area contributed by atoms with Crippen molar-refractivity contribution in [3.05, 3.63) is 22.7 Å². The molecule has 0 amide bonds. The average molecular weight is 579 g/mol. The molecule has 1 aromatic heterocycles. The highest BCUT2D eigenvalue weighted by molar-refractivity contribution is 7.92. The average Bonchev–Trinajstić information content (AvgIpc) is 3.31. The van der Waals surface area contributed by atoms with Crippen LogP contribution in [-0.2, 0) is 25.9 Å². The quantitative estimate of drug-likeness (QED) is 0.211. The number of methoxy groups -OCH3 is 1. The minimum atomic E-state index is -4.93. The van der Waals surface area contributed by atoms with E-state index in [1.807, 2.05) is 18.6 Å². The van der Waals surface area contributed by atoms with Gasteiger partial charge in [0.2, 0.25) is 15.0 Å². The van der Waals surface area contributed by atoms with Gasteiger partial charge in [0, 0.05) is 25.4 Å². The Morgan fingerprint density at radius 1 is 1.21 bits per heavy atom. The van der Waals surface area contributed by atoms with Crippen molar-refractivity contribution < 1.29 is 35.9 Å². The zero-order valence-electron chi connectivity index (χ0n) is 21.1. The summed E-state index contributed by atoms with van der Waals surface area (Å²) in [5, 5.41) is 15.4. The first-order valence-corrected chi connectivity index (χ1v) is 14.3. The van der Waals surface area contributed by atoms with Crippen molar-refractivity contribution in [1.82, 2.24) is 10.2 Å². The van der Waals surface area contributed by atoms with Gasteiger partial charge in [0.05, 0.1) is 12.3 Å². The number of carbonyl (C=O) groups is 1. The molecule has 2 aromatic rings. The normalized spacial score (nSPS) is 14.2. The van der Waals surface area contributed by atoms with Crippen LogP contribution in [0.15, 0.2) is 22.4 Å². The zero-order chi connectivity index (χ0) is 27.9. The number of halogens is 3. The number of fused-ring (bicyclic) bond motifs is 1. The van der Waals surface area contributed by atoms with Crippen molar-refractivity contribution in [1.29, 1.82) is 0 Å². The first kappa shape index (κ1) is 29.7. The van der Waals surface area contributed by atoms with Crippen molar-refractivity contribution in [2.75, 3.05) is 42.2 Å². The SMILES string of the molecule is CCC(CC)N1CCCc2cc(N=Nc3nnc(C(=O)OCCOC)s3)c(NS(=O)(=O)CC(F)(F)F)cc21. The van der Waals surface area contributed by atoms with E-state index in [1.165, 1.54) is 13.2 Å². The second-order valence-electron chi connectivity index (χ2n) is 8.46. The van der Waals surface area contributed by atoms with Gasteiger partial charge in [-0.2, -0.15) is 13.2 Å². The number of rotatable bonds is 12. The fourth-order valence-corrected chi connectivity index (χ4v) is 5.62. The topological polar surface area (TPSA) is 135 Å². The van der Waals surface area contributed by atoms with Crippen LogP contribution in [0.25, 0.3) is 0 Å². The molecule has 38 heavy (non-hydrogen) atoms. The molecule has 0 saturated carbocycles. The summed E-state index contributed by atoms with van der Waals surface area (Å²) < 4.78 is 75.1. The standard InChI is InChI=1S/C22H29F3N6O5S2/c1-4-15(5-2)31-8-6-7-14-11-16(17(12-18(14)31)30-38(33,34)13-22(23,24)25)26-28-21-29-27-19(37-21)20(32)36-10-9-35-3/h11-12,15,30H,4-10,13H2,1-3H3. The van der Waals surface area contributed by atoms with Gasteiger partial charge in [0.15, 0.2) is 5.75 Å². The van der Waals surface area contributed by atoms with E-state index in [-0.39, 0.29) is 40.8 Å². The van der Waals surface area contributed by atoms with Crippen LogP contribution in [0.3, 0.4) is 0 Å². The summed E-state index contributed by atoms with van der Waals surface area (Å²) in [5.74, 6) is -2.77. The second-order valence-corrected chi connectivity index (χ2v) is 11.1. The summed E-state index contributed by atoms with van der Waals surface area (Å²) in [7, 11) is -3.33. The summed E-state index contributed by atoms with van der Waals surface area (Å²) in [6, 6.07) is 3.30. The third-order valence-corrected chi connectivity index (χ3v) is 7.73. The maximum absolute atomic E-state index is 12.9. The van der Waals surface area contributed by atoms with E-state index in [4.69, 9.17) is 9.47 Å². The largest absolute Gasteiger partial charge is 0.458 e. The molecular formula is C22H29F3N6O5S2. The minimum absolute atomic E-state index is 0.0142. The van der Waals surface area contributed by atoms with Gasteiger partial charge in [-0.1, -0.05) is 25.2 Å². The van der Waals surface area contributed by atoms with Crippen molar-refractivity contribution in [3.8, 4) is 0 Å². The molecule has 1 aliphatic heterocycles. The molecule has 210 valence electrons. The number of anilines is 2. The predicted octanol–water partition coefficient (Wildman–Crippen LogP) is 5.00. The number of carbonyl (C=O) groups excluding carboxylic acids is 1. The van der Waals surface area contributed by atoms with Crippen molar-refractivity contribution >= 4 is 49.5 Å². The zero-order valence-corrected chi connectivity index (χ0v) is 22.7. The smallest absolute Gasteiger partial charge is 0.404 e. The van der Waals surface area contributed by atoms with Crippen LogP contribution < -0.4 is 9.62 Å². The lowest BCUT2D eigenvalue weighted by Crippen LogP contribution is -2.38. The van der Waals surface area contributed by atoms with E-state index in [0.29, 0.717) is 6.42 Å². The van der Waals surface area contributed by atoms with E-state index < -0.39 is 27.9 Å². The molecule has 1 N–H and O–H groups in total. The fourth-order valence-electron chi connectivity index (χ4n) is 4.05. The lowest BCUT2D eigenvalue weighted by Gasteiger charge is -2.38. The third kappa shape index (κ3) is 8.07. The number of aromatic nitrogens is 2. The Morgan fingerprint density at radius 2 is 1.95 bits per heavy atom. The highest BCUT2D eigenvalue weighted by atomic mass is 32.2. The first-order chi connectivity index (χ1) is 18.0. The summed E-state index contributed by atoms with van der Waals surface area (Å²) in [6.45, 7) is 5.06. The Bertz CT molecular complexity index is 1250. The van der Waals surface area contributed by atoms with Gasteiger partial charge in [0.25, 0.3) is 5.13 Å². The van der Waals surface area contributed by atoms with Crippen molar-refractivity contribution in [2.24, 2.45) is 10.2 Å². The highest BCUT2D eigenvalue weighted by Gasteiger charge is 2.36. The number of azo groups is 1. The Balaban J connectivity index is 1.96. The van der Waals surface area contributed by atoms with Gasteiger partial charge >= 0.3 is 12.1 Å². The number of hydrogen-bond acceptors (Lipinski definition) is 11. The van der Waals surface area contributed by atoms with Crippen LogP contribution in [0.4, 0.5) is 35.4 Å². The van der Waals surface area contributed by atoms with Crippen molar-refractivity contribution in [2.45, 2.75) is 51.7 Å². The van der Waals surface area contributed by atoms with Crippen LogP contribution in [-0.4, -0.2) is 69.4 Å². The van der Waals surface area contributed by atoms with E-state index in [2.05, 4.69) is 25.3 Å². The molecule has 11 nitrogen and oxygen atoms in total. The number of nitrogens with one attached hydrogen (secondary N) is 1. The van der Waals surface area contributed by atoms with Crippen LogP contribution in [0.1, 0.15) is 48.5 Å². The van der Waals surface area contributed by atoms with Gasteiger partial charge in [-0.25, -0.2) is 13.2 Å². The molecule has 2 heterocycles. The summed E-state index contributed by atoms with van der Waals surface area (Å²) in [4.78, 5) is 14.2. The molecule has 1 aromatic carbocycles. The molecule has 0 aliphatic carbocycles. The van der Waals surface area contributed by atoms with Gasteiger partial charge in [-0.15, -0.1) is 20.4 Å². The van der Waals surface area contributed by atoms with E-state index in [1.54, 1.807) is 6.07 Å². The molecule has 0 radical (unpaired) electrons. The minimum Gasteiger partial charge on any atom is -0.458 e. The second kappa shape index (κ2) is 12.8. The maximum Gasteiger partial charge on any atom is 0.404 e. The van der Waals surface area contributed by atoms with Gasteiger partial charge in [0.1, 0.15) is 12.3 Å². The molecule has 0 atom stereocenters. The summed E-state index contributed by atoms with van der Waals surface area (Å²) in [6.07, 6.45) is -1.70. The number of nitrogens with zero attached hydrogens (tertiary/aromatic N) is 5. The van der Waals surface area contributed by atoms with Gasteiger partial charge in [-0.3, -0.25) is 4.72 Å². The van der Waals surface area contributed by atoms with Gasteiger partial charge < -0.3 is 14.4 Å². The van der Waals surface area contributed by atoms with E-state index >= 15 is 0 Å². The predicted molar refractivity (Wildman–Crippen MR) is 136 cm³/mol. The van der Waals surface area contributed by atoms with Crippen LogP contribution in [0.2, 0.25) is 0 Å². The highest BCUT2D eigenvalue weighted by Crippen LogP contribution is 2.40. The fraction of sp³-hybridized carbons (Fsp3) is 0.591. The Hall–Kier alpha value is -2.85. The molecule has 0 fully saturated rings. The summed E-state index contributed by atoms with van der Waals surface area (Å²) in [5.41, 5.74) is 1.49. The Labute approximate surface area is 222 Å². The van der Waals surface area contributed by atoms with Crippen LogP contribution in [0, 0.1) is 0 Å². The van der Waals surface area contributed by atoms with Crippen LogP contribution >= 0.6 is 11.3 Å². The third-order valence-electron chi connectivity index (χ3n) is 5.71. The molecule has 0 unspecified atom stereocenters. The number of esters is 1. The lowest BCUT2D eigenvalue weighted by molar-refractivity contribution is -0.106. The monoisotopic (exact) mass is 578 g/mol. The molecule has 16 heteroatoms. The molecule has 0 saturated heterocycles. The van der Waals surface area contributed by atoms with E-state index in [9.17, 15) is 26.4 Å². The Morgan fingerprint density at radius 3 is 2.61 bits per heavy atom. The number of alkyl halides is 3. The number of benzene rings is 1. The molecular weight excluding hydrogens is 549 g/mol. The number of sulfonamides is 1. The van der Waals surface area contributed by atoms with Crippen molar-refractivity contribution in [3.63, 3.8) is 0 Å². The molecule has 0 bridgehead atoms. The molecule has 0 spiro atoms. The van der Waals surface area contributed by atoms with Gasteiger partial charge in [-0.05, 0) is 43.4 Å². The number of ether oxygens (including phenoxy) is 2. The number of hydrogen-bond donors (Lipinski definition) is 1. The molecule has 3 rings (SSSR count). The summed E-state index contributed by atoms with van der Waals surface area (Å²) >= 11 is 0.791. The van der Waals surface area contributed by atoms with E-state index in [0.717, 1.165) is 48.4 Å². The molecule has 1 aliphatic rings. The lowest BCUT2D eigenvalue weighted by atomic mass is 9.97.